The molecule has 1 atom stereocenters. The molecule has 0 amide bonds. The van der Waals surface area contributed by atoms with Crippen molar-refractivity contribution in [2.75, 3.05) is 0 Å². The summed E-state index contributed by atoms with van der Waals surface area (Å²) >= 11 is 0. The molecule has 1 unspecified atom stereocenters. The van der Waals surface area contributed by atoms with Gasteiger partial charge in [-0.1, -0.05) is 38.1 Å². The fourth-order valence-electron chi connectivity index (χ4n) is 2.15. The van der Waals surface area contributed by atoms with E-state index in [1.54, 1.807) is 31.2 Å². The second-order valence-corrected chi connectivity index (χ2v) is 7.33. The molecule has 5 heteroatoms. The van der Waals surface area contributed by atoms with E-state index in [0.717, 1.165) is 5.56 Å². The highest BCUT2D eigenvalue weighted by atomic mass is 32.2. The number of rotatable bonds is 5. The van der Waals surface area contributed by atoms with Crippen LogP contribution < -0.4 is 4.72 Å². The molecule has 0 fully saturated rings. The maximum Gasteiger partial charge on any atom is 0.241 e. The predicted octanol–water partition coefficient (Wildman–Crippen LogP) is 3.99. The molecule has 1 N–H and O–H groups in total. The van der Waals surface area contributed by atoms with Crippen LogP contribution in [0.15, 0.2) is 53.4 Å². The van der Waals surface area contributed by atoms with E-state index >= 15 is 0 Å². The van der Waals surface area contributed by atoms with E-state index in [2.05, 4.69) is 18.6 Å². The lowest BCUT2D eigenvalue weighted by Crippen LogP contribution is -2.26. The number of sulfonamides is 1. The van der Waals surface area contributed by atoms with Crippen molar-refractivity contribution in [2.45, 2.75) is 37.6 Å². The van der Waals surface area contributed by atoms with E-state index in [0.29, 0.717) is 11.5 Å². The van der Waals surface area contributed by atoms with Gasteiger partial charge in [-0.2, -0.15) is 0 Å². The Morgan fingerprint density at radius 2 is 1.36 bits per heavy atom. The molecule has 0 aliphatic rings. The van der Waals surface area contributed by atoms with Gasteiger partial charge in [0.1, 0.15) is 5.82 Å². The molecule has 0 aromatic heterocycles. The SMILES string of the molecule is CC(C)c1ccc(S(=O)(=O)NC(C)c2ccc(F)cc2)cc1. The number of nitrogens with one attached hydrogen (secondary N) is 1. The van der Waals surface area contributed by atoms with Gasteiger partial charge in [0.05, 0.1) is 4.90 Å². The Bertz CT molecular complexity index is 722. The summed E-state index contributed by atoms with van der Waals surface area (Å²) in [7, 11) is -3.60. The van der Waals surface area contributed by atoms with E-state index in [1.165, 1.54) is 12.1 Å². The van der Waals surface area contributed by atoms with Gasteiger partial charge in [-0.3, -0.25) is 0 Å². The number of hydrogen-bond acceptors (Lipinski definition) is 2. The fourth-order valence-corrected chi connectivity index (χ4v) is 3.38. The second kappa shape index (κ2) is 6.58. The van der Waals surface area contributed by atoms with Crippen LogP contribution in [-0.4, -0.2) is 8.42 Å². The third kappa shape index (κ3) is 3.93. The molecule has 0 bridgehead atoms. The summed E-state index contributed by atoms with van der Waals surface area (Å²) in [5.41, 5.74) is 1.80. The largest absolute Gasteiger partial charge is 0.241 e. The predicted molar refractivity (Wildman–Crippen MR) is 85.7 cm³/mol. The van der Waals surface area contributed by atoms with E-state index in [9.17, 15) is 12.8 Å². The first-order chi connectivity index (χ1) is 10.3. The summed E-state index contributed by atoms with van der Waals surface area (Å²) in [6, 6.07) is 12.2. The van der Waals surface area contributed by atoms with E-state index in [4.69, 9.17) is 0 Å². The van der Waals surface area contributed by atoms with Gasteiger partial charge < -0.3 is 0 Å². The molecule has 0 radical (unpaired) electrons. The molecule has 3 nitrogen and oxygen atoms in total. The highest BCUT2D eigenvalue weighted by molar-refractivity contribution is 7.89. The summed E-state index contributed by atoms with van der Waals surface area (Å²) in [5.74, 6) is 0.00549. The molecule has 118 valence electrons. The molecule has 0 spiro atoms. The zero-order chi connectivity index (χ0) is 16.3. The van der Waals surface area contributed by atoms with Gasteiger partial charge in [0.25, 0.3) is 0 Å². The minimum absolute atomic E-state index is 0.228. The number of halogens is 1. The summed E-state index contributed by atoms with van der Waals surface area (Å²) in [6.45, 7) is 5.84. The summed E-state index contributed by atoms with van der Waals surface area (Å²) in [5, 5.41) is 0. The van der Waals surface area contributed by atoms with E-state index < -0.39 is 16.1 Å². The zero-order valence-corrected chi connectivity index (χ0v) is 13.7. The number of hydrogen-bond donors (Lipinski definition) is 1. The Balaban J connectivity index is 2.18. The second-order valence-electron chi connectivity index (χ2n) is 5.62. The Kier molecular flexibility index (Phi) is 4.98. The lowest BCUT2D eigenvalue weighted by atomic mass is 10.0. The molecule has 2 rings (SSSR count). The monoisotopic (exact) mass is 321 g/mol. The fraction of sp³-hybridized carbons (Fsp3) is 0.294. The lowest BCUT2D eigenvalue weighted by Gasteiger charge is -2.15. The van der Waals surface area contributed by atoms with Gasteiger partial charge in [0.2, 0.25) is 10.0 Å². The van der Waals surface area contributed by atoms with E-state index in [1.807, 2.05) is 12.1 Å². The Labute approximate surface area is 131 Å². The van der Waals surface area contributed by atoms with Crippen LogP contribution in [-0.2, 0) is 10.0 Å². The molecule has 0 aliphatic heterocycles. The molecule has 0 saturated heterocycles. The first-order valence-corrected chi connectivity index (χ1v) is 8.65. The van der Waals surface area contributed by atoms with Crippen molar-refractivity contribution in [3.05, 3.63) is 65.5 Å². The van der Waals surface area contributed by atoms with Gasteiger partial charge in [0, 0.05) is 6.04 Å². The van der Waals surface area contributed by atoms with Crippen LogP contribution in [0, 0.1) is 5.82 Å². The quantitative estimate of drug-likeness (QED) is 0.905. The summed E-state index contributed by atoms with van der Waals surface area (Å²) in [4.78, 5) is 0.228. The molecule has 0 heterocycles. The highest BCUT2D eigenvalue weighted by Gasteiger charge is 2.18. The molecular formula is C17H20FNO2S. The third-order valence-corrected chi connectivity index (χ3v) is 5.12. The van der Waals surface area contributed by atoms with Crippen LogP contribution in [0.25, 0.3) is 0 Å². The van der Waals surface area contributed by atoms with Crippen LogP contribution in [0.2, 0.25) is 0 Å². The average Bonchev–Trinajstić information content (AvgIpc) is 2.47. The van der Waals surface area contributed by atoms with Crippen LogP contribution in [0.5, 0.6) is 0 Å². The molecule has 22 heavy (non-hydrogen) atoms. The number of benzene rings is 2. The summed E-state index contributed by atoms with van der Waals surface area (Å²) in [6.07, 6.45) is 0. The van der Waals surface area contributed by atoms with Crippen LogP contribution in [0.4, 0.5) is 4.39 Å². The van der Waals surface area contributed by atoms with Crippen molar-refractivity contribution in [2.24, 2.45) is 0 Å². The Morgan fingerprint density at radius 3 is 1.86 bits per heavy atom. The van der Waals surface area contributed by atoms with E-state index in [-0.39, 0.29) is 10.7 Å². The Hall–Kier alpha value is -1.72. The van der Waals surface area contributed by atoms with Crippen molar-refractivity contribution in [3.63, 3.8) is 0 Å². The first kappa shape index (κ1) is 16.6. The Morgan fingerprint density at radius 1 is 0.864 bits per heavy atom. The molecule has 0 saturated carbocycles. The third-order valence-electron chi connectivity index (χ3n) is 3.56. The van der Waals surface area contributed by atoms with Crippen molar-refractivity contribution in [1.29, 1.82) is 0 Å². The molecule has 0 aliphatic carbocycles. The zero-order valence-electron chi connectivity index (χ0n) is 12.9. The average molecular weight is 321 g/mol. The molecule has 2 aromatic carbocycles. The van der Waals surface area contributed by atoms with Gasteiger partial charge in [0.15, 0.2) is 0 Å². The minimum atomic E-state index is -3.60. The van der Waals surface area contributed by atoms with Crippen molar-refractivity contribution >= 4 is 10.0 Å². The van der Waals surface area contributed by atoms with Crippen molar-refractivity contribution < 1.29 is 12.8 Å². The maximum absolute atomic E-state index is 12.9. The minimum Gasteiger partial charge on any atom is -0.207 e. The van der Waals surface area contributed by atoms with Crippen LogP contribution in [0.3, 0.4) is 0 Å². The van der Waals surface area contributed by atoms with Crippen LogP contribution >= 0.6 is 0 Å². The summed E-state index contributed by atoms with van der Waals surface area (Å²) < 4.78 is 40.3. The highest BCUT2D eigenvalue weighted by Crippen LogP contribution is 2.20. The first-order valence-electron chi connectivity index (χ1n) is 7.17. The lowest BCUT2D eigenvalue weighted by molar-refractivity contribution is 0.566. The van der Waals surface area contributed by atoms with Gasteiger partial charge >= 0.3 is 0 Å². The van der Waals surface area contributed by atoms with Gasteiger partial charge in [-0.25, -0.2) is 17.5 Å². The smallest absolute Gasteiger partial charge is 0.207 e. The topological polar surface area (TPSA) is 46.2 Å². The maximum atomic E-state index is 12.9. The van der Waals surface area contributed by atoms with Crippen molar-refractivity contribution in [1.82, 2.24) is 4.72 Å². The molecular weight excluding hydrogens is 301 g/mol. The van der Waals surface area contributed by atoms with Crippen LogP contribution in [0.1, 0.15) is 43.9 Å². The molecule has 2 aromatic rings. The van der Waals surface area contributed by atoms with Gasteiger partial charge in [-0.15, -0.1) is 0 Å². The normalized spacial score (nSPS) is 13.3. The van der Waals surface area contributed by atoms with Crippen molar-refractivity contribution in [3.8, 4) is 0 Å². The van der Waals surface area contributed by atoms with Gasteiger partial charge in [-0.05, 0) is 48.2 Å². The standard InChI is InChI=1S/C17H20FNO2S/c1-12(2)14-6-10-17(11-7-14)22(20,21)19-13(3)15-4-8-16(18)9-5-15/h4-13,19H,1-3H3.